The lowest BCUT2D eigenvalue weighted by Gasteiger charge is -2.32. The van der Waals surface area contributed by atoms with Crippen molar-refractivity contribution >= 4 is 11.5 Å². The van der Waals surface area contributed by atoms with Crippen molar-refractivity contribution in [2.75, 3.05) is 19.6 Å². The predicted octanol–water partition coefficient (Wildman–Crippen LogP) is 3.89. The van der Waals surface area contributed by atoms with E-state index in [-0.39, 0.29) is 24.2 Å². The number of amides is 1. The first-order valence-corrected chi connectivity index (χ1v) is 9.98. The Morgan fingerprint density at radius 2 is 2.04 bits per heavy atom. The van der Waals surface area contributed by atoms with Gasteiger partial charge in [0, 0.05) is 24.7 Å². The summed E-state index contributed by atoms with van der Waals surface area (Å²) >= 11 is 0. The zero-order valence-corrected chi connectivity index (χ0v) is 15.8. The van der Waals surface area contributed by atoms with E-state index < -0.39 is 0 Å². The second-order valence-corrected chi connectivity index (χ2v) is 7.67. The molecular formula is C22H28FN3O. The number of nitriles is 1. The van der Waals surface area contributed by atoms with E-state index in [1.807, 2.05) is 18.2 Å². The van der Waals surface area contributed by atoms with Crippen molar-refractivity contribution in [3.63, 3.8) is 0 Å². The zero-order chi connectivity index (χ0) is 19.1. The maximum absolute atomic E-state index is 13.9. The third-order valence-electron chi connectivity index (χ3n) is 5.82. The first kappa shape index (κ1) is 19.6. The Kier molecular flexibility index (Phi) is 7.00. The van der Waals surface area contributed by atoms with E-state index in [0.717, 1.165) is 62.9 Å². The highest BCUT2D eigenvalue weighted by molar-refractivity contribution is 5.78. The van der Waals surface area contributed by atoms with Crippen molar-refractivity contribution in [3.8, 4) is 6.07 Å². The molecule has 2 aliphatic rings. The van der Waals surface area contributed by atoms with Gasteiger partial charge >= 0.3 is 0 Å². The molecule has 1 saturated carbocycles. The topological polar surface area (TPSA) is 56.1 Å². The summed E-state index contributed by atoms with van der Waals surface area (Å²) in [4.78, 5) is 14.0. The summed E-state index contributed by atoms with van der Waals surface area (Å²) in [5, 5.41) is 11.5. The first-order valence-electron chi connectivity index (χ1n) is 9.98. The molecule has 0 saturated heterocycles. The normalized spacial score (nSPS) is 23.3. The third kappa shape index (κ3) is 5.64. The van der Waals surface area contributed by atoms with E-state index >= 15 is 0 Å². The molecule has 1 aliphatic heterocycles. The molecule has 0 spiro atoms. The average Bonchev–Trinajstić information content (AvgIpc) is 2.68. The average molecular weight is 369 g/mol. The molecule has 1 heterocycles. The molecule has 3 rings (SSSR count). The van der Waals surface area contributed by atoms with Gasteiger partial charge in [0.1, 0.15) is 12.2 Å². The first-order chi connectivity index (χ1) is 13.2. The molecule has 144 valence electrons. The summed E-state index contributed by atoms with van der Waals surface area (Å²) in [5.41, 5.74) is 1.87. The van der Waals surface area contributed by atoms with E-state index in [4.69, 9.17) is 5.26 Å². The van der Waals surface area contributed by atoms with Crippen LogP contribution in [-0.4, -0.2) is 36.5 Å². The van der Waals surface area contributed by atoms with Crippen LogP contribution in [0.1, 0.15) is 50.5 Å². The van der Waals surface area contributed by atoms with Crippen LogP contribution in [0.2, 0.25) is 0 Å². The molecule has 0 aromatic heterocycles. The summed E-state index contributed by atoms with van der Waals surface area (Å²) in [7, 11) is 0. The lowest BCUT2D eigenvalue weighted by Crippen LogP contribution is -2.38. The lowest BCUT2D eigenvalue weighted by atomic mass is 9.84. The van der Waals surface area contributed by atoms with Crippen molar-refractivity contribution in [2.45, 2.75) is 51.0 Å². The molecule has 0 atom stereocenters. The molecule has 1 N–H and O–H groups in total. The minimum atomic E-state index is -0.147. The summed E-state index contributed by atoms with van der Waals surface area (Å²) < 4.78 is 13.9. The van der Waals surface area contributed by atoms with Crippen LogP contribution in [0, 0.1) is 23.1 Å². The van der Waals surface area contributed by atoms with Crippen LogP contribution in [0.4, 0.5) is 4.39 Å². The van der Waals surface area contributed by atoms with Crippen LogP contribution in [0.3, 0.4) is 0 Å². The van der Waals surface area contributed by atoms with Gasteiger partial charge in [0.15, 0.2) is 0 Å². The number of carbonyl (C=O) groups excluding carboxylic acids is 1. The van der Waals surface area contributed by atoms with Crippen molar-refractivity contribution in [3.05, 3.63) is 41.7 Å². The maximum Gasteiger partial charge on any atom is 0.234 e. The smallest absolute Gasteiger partial charge is 0.234 e. The highest BCUT2D eigenvalue weighted by Gasteiger charge is 2.23. The van der Waals surface area contributed by atoms with Gasteiger partial charge in [-0.3, -0.25) is 9.69 Å². The van der Waals surface area contributed by atoms with E-state index in [1.165, 1.54) is 12.5 Å². The summed E-state index contributed by atoms with van der Waals surface area (Å²) in [6.07, 6.45) is 8.52. The zero-order valence-electron chi connectivity index (χ0n) is 15.8. The minimum absolute atomic E-state index is 0.0444. The second-order valence-electron chi connectivity index (χ2n) is 7.67. The van der Waals surface area contributed by atoms with Gasteiger partial charge in [-0.2, -0.15) is 5.26 Å². The molecule has 4 nitrogen and oxygen atoms in total. The number of hydrogen-bond donors (Lipinski definition) is 1. The maximum atomic E-state index is 13.9. The van der Waals surface area contributed by atoms with Crippen LogP contribution in [-0.2, 0) is 4.79 Å². The van der Waals surface area contributed by atoms with Gasteiger partial charge in [-0.15, -0.1) is 0 Å². The van der Waals surface area contributed by atoms with Gasteiger partial charge in [-0.05, 0) is 62.6 Å². The molecule has 0 radical (unpaired) electrons. The SMILES string of the molecule is N#CCC(=O)N[C@H]1CC[C@H](CCN2CC=C(c3ccccc3F)CC2)CC1. The standard InChI is InChI=1S/C22H28FN3O/c23-21-4-2-1-3-20(21)18-11-15-26(16-12-18)14-10-17-5-7-19(8-6-17)25-22(27)9-13-24/h1-4,11,17,19H,5-10,12,14-16H2,(H,25,27)/t17-,19-. The molecule has 1 fully saturated rings. The van der Waals surface area contributed by atoms with Crippen molar-refractivity contribution in [2.24, 2.45) is 5.92 Å². The van der Waals surface area contributed by atoms with Gasteiger partial charge in [0.05, 0.1) is 6.07 Å². The lowest BCUT2D eigenvalue weighted by molar-refractivity contribution is -0.121. The summed E-state index contributed by atoms with van der Waals surface area (Å²) in [6, 6.07) is 9.16. The van der Waals surface area contributed by atoms with Gasteiger partial charge < -0.3 is 5.32 Å². The number of benzene rings is 1. The van der Waals surface area contributed by atoms with E-state index in [1.54, 1.807) is 6.07 Å². The minimum Gasteiger partial charge on any atom is -0.352 e. The molecule has 0 unspecified atom stereocenters. The van der Waals surface area contributed by atoms with Gasteiger partial charge in [0.25, 0.3) is 0 Å². The fourth-order valence-corrected chi connectivity index (χ4v) is 4.19. The predicted molar refractivity (Wildman–Crippen MR) is 104 cm³/mol. The second kappa shape index (κ2) is 9.66. The molecular weight excluding hydrogens is 341 g/mol. The van der Waals surface area contributed by atoms with Crippen LogP contribution < -0.4 is 5.32 Å². The number of rotatable bonds is 6. The number of nitrogens with zero attached hydrogens (tertiary/aromatic N) is 2. The van der Waals surface area contributed by atoms with Crippen LogP contribution in [0.5, 0.6) is 0 Å². The number of hydrogen-bond acceptors (Lipinski definition) is 3. The highest BCUT2D eigenvalue weighted by atomic mass is 19.1. The Morgan fingerprint density at radius 3 is 2.70 bits per heavy atom. The Hall–Kier alpha value is -2.19. The van der Waals surface area contributed by atoms with Gasteiger partial charge in [-0.1, -0.05) is 24.3 Å². The molecule has 1 amide bonds. The van der Waals surface area contributed by atoms with Crippen molar-refractivity contribution in [1.82, 2.24) is 10.2 Å². The van der Waals surface area contributed by atoms with E-state index in [9.17, 15) is 9.18 Å². The molecule has 1 aliphatic carbocycles. The van der Waals surface area contributed by atoms with Crippen LogP contribution in [0.15, 0.2) is 30.3 Å². The van der Waals surface area contributed by atoms with Crippen molar-refractivity contribution < 1.29 is 9.18 Å². The van der Waals surface area contributed by atoms with Gasteiger partial charge in [-0.25, -0.2) is 4.39 Å². The van der Waals surface area contributed by atoms with E-state index in [0.29, 0.717) is 5.92 Å². The largest absolute Gasteiger partial charge is 0.352 e. The summed E-state index contributed by atoms with van der Waals surface area (Å²) in [6.45, 7) is 2.96. The Balaban J connectivity index is 1.38. The van der Waals surface area contributed by atoms with Gasteiger partial charge in [0.2, 0.25) is 5.91 Å². The molecule has 27 heavy (non-hydrogen) atoms. The van der Waals surface area contributed by atoms with Crippen LogP contribution in [0.25, 0.3) is 5.57 Å². The number of nitrogens with one attached hydrogen (secondary N) is 1. The third-order valence-corrected chi connectivity index (χ3v) is 5.82. The Morgan fingerprint density at radius 1 is 1.26 bits per heavy atom. The van der Waals surface area contributed by atoms with E-state index in [2.05, 4.69) is 16.3 Å². The number of carbonyl (C=O) groups is 1. The molecule has 1 aromatic carbocycles. The fourth-order valence-electron chi connectivity index (χ4n) is 4.19. The fraction of sp³-hybridized carbons (Fsp3) is 0.545. The molecule has 1 aromatic rings. The molecule has 5 heteroatoms. The molecule has 0 bridgehead atoms. The highest BCUT2D eigenvalue weighted by Crippen LogP contribution is 2.28. The monoisotopic (exact) mass is 369 g/mol. The Labute approximate surface area is 161 Å². The number of halogens is 1. The van der Waals surface area contributed by atoms with Crippen LogP contribution >= 0.6 is 0 Å². The van der Waals surface area contributed by atoms with Crippen molar-refractivity contribution in [1.29, 1.82) is 5.26 Å². The Bertz CT molecular complexity index is 717. The summed E-state index contributed by atoms with van der Waals surface area (Å²) in [5.74, 6) is 0.439. The quantitative estimate of drug-likeness (QED) is 0.827.